The molecule has 3 aromatic rings. The molecule has 2 saturated heterocycles. The maximum atomic E-state index is 13.8. The number of aromatic hydroxyl groups is 3. The van der Waals surface area contributed by atoms with E-state index < -0.39 is 96.1 Å². The average Bonchev–Trinajstić information content (AvgIpc) is 2.99. The molecular formula is C28H32O16. The summed E-state index contributed by atoms with van der Waals surface area (Å²) in [5, 5.41) is 92.3. The summed E-state index contributed by atoms with van der Waals surface area (Å²) in [5.74, 6) is -2.34. The van der Waals surface area contributed by atoms with Gasteiger partial charge in [-0.1, -0.05) is 0 Å². The molecule has 0 amide bonds. The molecule has 16 heteroatoms. The van der Waals surface area contributed by atoms with Gasteiger partial charge in [-0.3, -0.25) is 4.79 Å². The molecule has 16 nitrogen and oxygen atoms in total. The molecule has 2 fully saturated rings. The number of aliphatic hydroxyl groups excluding tert-OH is 6. The zero-order chi connectivity index (χ0) is 32.0. The molecule has 0 saturated carbocycles. The van der Waals surface area contributed by atoms with Gasteiger partial charge in [0.05, 0.1) is 19.8 Å². The molecule has 9 N–H and O–H groups in total. The van der Waals surface area contributed by atoms with Gasteiger partial charge in [-0.15, -0.1) is 0 Å². The molecule has 44 heavy (non-hydrogen) atoms. The van der Waals surface area contributed by atoms with Crippen molar-refractivity contribution in [2.45, 2.75) is 68.3 Å². The summed E-state index contributed by atoms with van der Waals surface area (Å²) in [7, 11) is 1.28. The highest BCUT2D eigenvalue weighted by Crippen LogP contribution is 2.40. The smallest absolute Gasteiger partial charge is 0.239 e. The Morgan fingerprint density at radius 2 is 1.57 bits per heavy atom. The van der Waals surface area contributed by atoms with Crippen LogP contribution in [-0.2, 0) is 14.2 Å². The first kappa shape index (κ1) is 31.7. The Balaban J connectivity index is 1.63. The zero-order valence-corrected chi connectivity index (χ0v) is 23.3. The van der Waals surface area contributed by atoms with Crippen molar-refractivity contribution in [1.82, 2.24) is 0 Å². The molecule has 0 radical (unpaired) electrons. The molecule has 5 rings (SSSR count). The lowest BCUT2D eigenvalue weighted by molar-refractivity contribution is -0.354. The van der Waals surface area contributed by atoms with Crippen molar-refractivity contribution in [3.05, 3.63) is 40.6 Å². The third-order valence-corrected chi connectivity index (χ3v) is 7.52. The first-order valence-electron chi connectivity index (χ1n) is 13.4. The van der Waals surface area contributed by atoms with Gasteiger partial charge in [-0.25, -0.2) is 0 Å². The molecule has 2 aliphatic rings. The summed E-state index contributed by atoms with van der Waals surface area (Å²) in [6.45, 7) is 0.570. The Bertz CT molecular complexity index is 1560. The van der Waals surface area contributed by atoms with Crippen LogP contribution in [-0.4, -0.2) is 121 Å². The largest absolute Gasteiger partial charge is 0.508 e. The van der Waals surface area contributed by atoms with Crippen LogP contribution in [0.2, 0.25) is 0 Å². The molecule has 2 aromatic carbocycles. The van der Waals surface area contributed by atoms with E-state index in [4.69, 9.17) is 28.1 Å². The van der Waals surface area contributed by atoms with Gasteiger partial charge in [-0.2, -0.15) is 0 Å². The Morgan fingerprint density at radius 1 is 0.841 bits per heavy atom. The van der Waals surface area contributed by atoms with Crippen LogP contribution in [0.1, 0.15) is 6.92 Å². The number of rotatable bonds is 7. The SMILES string of the molecule is COc1cc(-c2oc3cc(O)cc(O)c3c(=O)c2O[C@@H]2O[C@H](CO)[C@H](O)[C@H](O)[C@H]2O[C@@H]2O[C@@H](C)[C@H](O)[C@@H](O)[C@H]2O)ccc1O. The summed E-state index contributed by atoms with van der Waals surface area (Å²) < 4.78 is 33.8. The number of phenols is 3. The number of benzene rings is 2. The number of hydrogen-bond donors (Lipinski definition) is 9. The Labute approximate surface area is 248 Å². The van der Waals surface area contributed by atoms with Crippen molar-refractivity contribution in [3.8, 4) is 40.1 Å². The molecule has 10 atom stereocenters. The summed E-state index contributed by atoms with van der Waals surface area (Å²) in [6, 6.07) is 5.81. The van der Waals surface area contributed by atoms with Gasteiger partial charge in [0.15, 0.2) is 29.7 Å². The second kappa shape index (κ2) is 12.4. The summed E-state index contributed by atoms with van der Waals surface area (Å²) in [5.41, 5.74) is -1.15. The fraction of sp³-hybridized carbons (Fsp3) is 0.464. The highest BCUT2D eigenvalue weighted by Gasteiger charge is 2.51. The lowest BCUT2D eigenvalue weighted by Crippen LogP contribution is -2.64. The van der Waals surface area contributed by atoms with Gasteiger partial charge >= 0.3 is 0 Å². The minimum absolute atomic E-state index is 0.0257. The second-order valence-electron chi connectivity index (χ2n) is 10.4. The maximum absolute atomic E-state index is 13.8. The molecule has 240 valence electrons. The van der Waals surface area contributed by atoms with Gasteiger partial charge in [0.1, 0.15) is 59.1 Å². The lowest BCUT2D eigenvalue weighted by Gasteiger charge is -2.45. The van der Waals surface area contributed by atoms with Crippen LogP contribution >= 0.6 is 0 Å². The molecule has 3 heterocycles. The van der Waals surface area contributed by atoms with E-state index in [1.54, 1.807) is 0 Å². The number of hydrogen-bond acceptors (Lipinski definition) is 16. The van der Waals surface area contributed by atoms with Crippen molar-refractivity contribution in [3.63, 3.8) is 0 Å². The average molecular weight is 625 g/mol. The van der Waals surface area contributed by atoms with Gasteiger partial charge in [0, 0.05) is 17.7 Å². The van der Waals surface area contributed by atoms with Gasteiger partial charge in [0.2, 0.25) is 17.5 Å². The van der Waals surface area contributed by atoms with Crippen molar-refractivity contribution in [1.29, 1.82) is 0 Å². The fourth-order valence-electron chi connectivity index (χ4n) is 5.08. The normalized spacial score (nSPS) is 32.5. The van der Waals surface area contributed by atoms with E-state index in [0.717, 1.165) is 12.1 Å². The fourth-order valence-corrected chi connectivity index (χ4v) is 5.08. The van der Waals surface area contributed by atoms with Gasteiger partial charge < -0.3 is 74.1 Å². The molecule has 0 spiro atoms. The van der Waals surface area contributed by atoms with Gasteiger partial charge in [0.25, 0.3) is 0 Å². The number of phenolic OH excluding ortho intramolecular Hbond substituents is 3. The van der Waals surface area contributed by atoms with Crippen LogP contribution in [0.5, 0.6) is 28.7 Å². The van der Waals surface area contributed by atoms with E-state index in [9.17, 15) is 50.8 Å². The standard InChI is InChI=1S/C28H32O16/c1-9-18(33)21(36)23(38)27(40-9)44-26-22(37)19(34)16(8-29)42-28(26)43-25-20(35)17-13(32)6-11(30)7-15(17)41-24(25)10-3-4-12(31)14(5-10)39-2/h3-7,9,16,18-19,21-23,26-34,36-38H,8H2,1-2H3/t9-,16+,18-,19-,21+,22-,23+,26+,27-,28-/m0/s1. The monoisotopic (exact) mass is 624 g/mol. The van der Waals surface area contributed by atoms with Gasteiger partial charge in [-0.05, 0) is 25.1 Å². The number of aliphatic hydroxyl groups is 6. The first-order chi connectivity index (χ1) is 20.9. The van der Waals surface area contributed by atoms with E-state index in [0.29, 0.717) is 0 Å². The summed E-state index contributed by atoms with van der Waals surface area (Å²) >= 11 is 0. The molecule has 2 aliphatic heterocycles. The van der Waals surface area contributed by atoms with E-state index in [1.165, 1.54) is 32.2 Å². The molecule has 0 bridgehead atoms. The number of ether oxygens (including phenoxy) is 5. The Morgan fingerprint density at radius 3 is 2.25 bits per heavy atom. The molecule has 1 aromatic heterocycles. The third kappa shape index (κ3) is 5.63. The quantitative estimate of drug-likeness (QED) is 0.147. The van der Waals surface area contributed by atoms with E-state index in [1.807, 2.05) is 0 Å². The topological polar surface area (TPSA) is 258 Å². The molecular weight excluding hydrogens is 592 g/mol. The summed E-state index contributed by atoms with van der Waals surface area (Å²) in [6.07, 6.45) is -16.5. The number of methoxy groups -OCH3 is 1. The van der Waals surface area contributed by atoms with Crippen molar-refractivity contribution >= 4 is 11.0 Å². The third-order valence-electron chi connectivity index (χ3n) is 7.52. The van der Waals surface area contributed by atoms with E-state index >= 15 is 0 Å². The van der Waals surface area contributed by atoms with Crippen LogP contribution in [0, 0.1) is 0 Å². The molecule has 0 aliphatic carbocycles. The Hall–Kier alpha value is -3.71. The maximum Gasteiger partial charge on any atom is 0.239 e. The van der Waals surface area contributed by atoms with E-state index in [2.05, 4.69) is 0 Å². The van der Waals surface area contributed by atoms with Crippen LogP contribution in [0.3, 0.4) is 0 Å². The predicted molar refractivity (Wildman–Crippen MR) is 145 cm³/mol. The minimum atomic E-state index is -1.89. The Kier molecular flexibility index (Phi) is 8.90. The van der Waals surface area contributed by atoms with Crippen LogP contribution in [0.25, 0.3) is 22.3 Å². The second-order valence-corrected chi connectivity index (χ2v) is 10.4. The van der Waals surface area contributed by atoms with Crippen LogP contribution in [0.15, 0.2) is 39.5 Å². The predicted octanol–water partition coefficient (Wildman–Crippen LogP) is -1.38. The van der Waals surface area contributed by atoms with Crippen molar-refractivity contribution in [2.75, 3.05) is 13.7 Å². The highest BCUT2D eigenvalue weighted by molar-refractivity contribution is 5.88. The molecule has 0 unspecified atom stereocenters. The number of fused-ring (bicyclic) bond motifs is 1. The van der Waals surface area contributed by atoms with Crippen LogP contribution < -0.4 is 14.9 Å². The van der Waals surface area contributed by atoms with Crippen molar-refractivity contribution in [2.24, 2.45) is 0 Å². The van der Waals surface area contributed by atoms with E-state index in [-0.39, 0.29) is 28.4 Å². The summed E-state index contributed by atoms with van der Waals surface area (Å²) in [4.78, 5) is 13.8. The van der Waals surface area contributed by atoms with Crippen LogP contribution in [0.4, 0.5) is 0 Å². The van der Waals surface area contributed by atoms with Crippen molar-refractivity contribution < 1.29 is 74.1 Å². The minimum Gasteiger partial charge on any atom is -0.508 e. The lowest BCUT2D eigenvalue weighted by atomic mass is 9.97. The zero-order valence-electron chi connectivity index (χ0n) is 23.3. The highest BCUT2D eigenvalue weighted by atomic mass is 16.8. The first-order valence-corrected chi connectivity index (χ1v) is 13.4.